The molecule has 0 saturated carbocycles. The number of oxime groups is 1. The van der Waals surface area contributed by atoms with E-state index in [4.69, 9.17) is 20.0 Å². The van der Waals surface area contributed by atoms with Crippen LogP contribution in [0.2, 0.25) is 0 Å². The fourth-order valence-corrected chi connectivity index (χ4v) is 3.59. The highest BCUT2D eigenvalue weighted by atomic mass is 79.9. The third kappa shape index (κ3) is 6.28. The van der Waals surface area contributed by atoms with Gasteiger partial charge in [0.05, 0.1) is 19.7 Å². The molecule has 8 nitrogen and oxygen atoms in total. The number of methoxy groups -OCH3 is 1. The fraction of sp³-hybridized carbons (Fsp3) is 0.318. The highest BCUT2D eigenvalue weighted by Gasteiger charge is 2.33. The molecule has 0 aliphatic carbocycles. The van der Waals surface area contributed by atoms with Crippen LogP contribution >= 0.6 is 15.9 Å². The van der Waals surface area contributed by atoms with E-state index in [2.05, 4.69) is 21.1 Å². The van der Waals surface area contributed by atoms with Crippen molar-refractivity contribution in [1.82, 2.24) is 4.90 Å². The van der Waals surface area contributed by atoms with E-state index in [9.17, 15) is 9.59 Å². The molecule has 0 bridgehead atoms. The molecule has 1 aliphatic heterocycles. The van der Waals surface area contributed by atoms with E-state index >= 15 is 0 Å². The number of ether oxygens (including phenoxy) is 2. The van der Waals surface area contributed by atoms with Crippen LogP contribution in [-0.4, -0.2) is 47.3 Å². The van der Waals surface area contributed by atoms with Crippen LogP contribution in [0.5, 0.6) is 5.75 Å². The molecular formula is C22H24BrN3O5. The number of nitrogens with zero attached hydrogens (tertiary/aromatic N) is 2. The molecule has 0 aromatic heterocycles. The molecule has 31 heavy (non-hydrogen) atoms. The van der Waals surface area contributed by atoms with Gasteiger partial charge in [0.25, 0.3) is 0 Å². The van der Waals surface area contributed by atoms with Crippen molar-refractivity contribution in [3.63, 3.8) is 0 Å². The molecule has 2 aromatic carbocycles. The minimum atomic E-state index is -0.966. The summed E-state index contributed by atoms with van der Waals surface area (Å²) in [5, 5.41) is 3.81. The number of carbonyl (C=O) groups excluding carboxylic acids is 2. The number of nitrogens with two attached hydrogens (primary N) is 1. The molecule has 2 atom stereocenters. The Labute approximate surface area is 189 Å². The summed E-state index contributed by atoms with van der Waals surface area (Å²) in [5.41, 5.74) is 7.77. The molecule has 1 heterocycles. The Kier molecular flexibility index (Phi) is 8.02. The lowest BCUT2D eigenvalue weighted by atomic mass is 10.0. The van der Waals surface area contributed by atoms with Crippen LogP contribution in [0, 0.1) is 0 Å². The van der Waals surface area contributed by atoms with E-state index in [0.29, 0.717) is 16.8 Å². The second-order valence-corrected chi connectivity index (χ2v) is 7.93. The second-order valence-electron chi connectivity index (χ2n) is 7.01. The third-order valence-electron chi connectivity index (χ3n) is 4.72. The van der Waals surface area contributed by atoms with Crippen molar-refractivity contribution in [2.75, 3.05) is 13.7 Å². The summed E-state index contributed by atoms with van der Waals surface area (Å²) >= 11 is 3.26. The summed E-state index contributed by atoms with van der Waals surface area (Å²) in [6.07, 6.45) is -0.605. The fourth-order valence-electron chi connectivity index (χ4n) is 3.14. The van der Waals surface area contributed by atoms with Gasteiger partial charge < -0.3 is 20.0 Å². The summed E-state index contributed by atoms with van der Waals surface area (Å²) in [7, 11) is 1.55. The van der Waals surface area contributed by atoms with Gasteiger partial charge in [-0.05, 0) is 33.1 Å². The average Bonchev–Trinajstić information content (AvgIpc) is 3.21. The van der Waals surface area contributed by atoms with Crippen molar-refractivity contribution >= 4 is 32.6 Å². The first-order valence-electron chi connectivity index (χ1n) is 9.75. The van der Waals surface area contributed by atoms with Gasteiger partial charge in [0.15, 0.2) is 6.10 Å². The SMILES string of the molecule is COc1ccccc1C[C@H](N)C(=O)N(CC1CC(Br)=NO1)C(=O)OCc1ccccc1. The average molecular weight is 490 g/mol. The first-order valence-corrected chi connectivity index (χ1v) is 10.5. The molecule has 2 amide bonds. The number of benzene rings is 2. The highest BCUT2D eigenvalue weighted by Crippen LogP contribution is 2.20. The monoisotopic (exact) mass is 489 g/mol. The standard InChI is InChI=1S/C22H24BrN3O5/c1-29-19-10-6-5-9-16(19)11-18(24)21(27)26(13-17-12-20(23)25-31-17)22(28)30-14-15-7-3-2-4-8-15/h2-10,17-18H,11-14,24H2,1H3/t17?,18-/m0/s1. The largest absolute Gasteiger partial charge is 0.496 e. The second kappa shape index (κ2) is 10.9. The minimum absolute atomic E-state index is 0.0231. The van der Waals surface area contributed by atoms with Crippen molar-refractivity contribution in [1.29, 1.82) is 0 Å². The van der Waals surface area contributed by atoms with Crippen molar-refractivity contribution in [3.05, 3.63) is 65.7 Å². The van der Waals surface area contributed by atoms with Gasteiger partial charge in [-0.1, -0.05) is 53.7 Å². The zero-order chi connectivity index (χ0) is 22.2. The number of carbonyl (C=O) groups is 2. The minimum Gasteiger partial charge on any atom is -0.496 e. The quantitative estimate of drug-likeness (QED) is 0.610. The number of halogens is 1. The van der Waals surface area contributed by atoms with Crippen LogP contribution in [0.3, 0.4) is 0 Å². The molecule has 3 rings (SSSR count). The lowest BCUT2D eigenvalue weighted by molar-refractivity contribution is -0.132. The lowest BCUT2D eigenvalue weighted by Gasteiger charge is -2.25. The number of imide groups is 1. The molecule has 2 N–H and O–H groups in total. The molecule has 0 radical (unpaired) electrons. The van der Waals surface area contributed by atoms with Crippen LogP contribution in [0.1, 0.15) is 17.5 Å². The Morgan fingerprint density at radius 3 is 2.61 bits per heavy atom. The zero-order valence-electron chi connectivity index (χ0n) is 17.1. The zero-order valence-corrected chi connectivity index (χ0v) is 18.7. The van der Waals surface area contributed by atoms with Crippen molar-refractivity contribution in [3.8, 4) is 5.75 Å². The summed E-state index contributed by atoms with van der Waals surface area (Å²) in [5.74, 6) is 0.0657. The number of para-hydroxylation sites is 1. The van der Waals surface area contributed by atoms with Crippen LogP contribution in [0.4, 0.5) is 4.79 Å². The predicted molar refractivity (Wildman–Crippen MR) is 119 cm³/mol. The van der Waals surface area contributed by atoms with E-state index in [1.807, 2.05) is 48.5 Å². The summed E-state index contributed by atoms with van der Waals surface area (Å²) < 4.78 is 11.3. The molecule has 0 saturated heterocycles. The molecule has 1 unspecified atom stereocenters. The van der Waals surface area contributed by atoms with E-state index in [1.54, 1.807) is 13.2 Å². The topological polar surface area (TPSA) is 103 Å². The van der Waals surface area contributed by atoms with Crippen LogP contribution in [0.25, 0.3) is 0 Å². The van der Waals surface area contributed by atoms with Crippen molar-refractivity contribution < 1.29 is 23.9 Å². The number of amides is 2. The van der Waals surface area contributed by atoms with Gasteiger partial charge in [0.1, 0.15) is 17.0 Å². The van der Waals surface area contributed by atoms with Crippen LogP contribution < -0.4 is 10.5 Å². The van der Waals surface area contributed by atoms with E-state index < -0.39 is 24.1 Å². The van der Waals surface area contributed by atoms with E-state index in [-0.39, 0.29) is 19.6 Å². The van der Waals surface area contributed by atoms with Gasteiger partial charge in [-0.25, -0.2) is 9.69 Å². The maximum Gasteiger partial charge on any atom is 0.417 e. The molecule has 0 fully saturated rings. The van der Waals surface area contributed by atoms with Gasteiger partial charge in [0, 0.05) is 12.8 Å². The smallest absolute Gasteiger partial charge is 0.417 e. The molecule has 9 heteroatoms. The molecule has 164 valence electrons. The van der Waals surface area contributed by atoms with Crippen molar-refractivity contribution in [2.45, 2.75) is 31.6 Å². The van der Waals surface area contributed by atoms with Gasteiger partial charge in [-0.3, -0.25) is 4.79 Å². The lowest BCUT2D eigenvalue weighted by Crippen LogP contribution is -2.50. The molecular weight excluding hydrogens is 466 g/mol. The van der Waals surface area contributed by atoms with Gasteiger partial charge in [-0.15, -0.1) is 0 Å². The van der Waals surface area contributed by atoms with Crippen molar-refractivity contribution in [2.24, 2.45) is 10.9 Å². The normalized spacial score (nSPS) is 16.1. The number of hydrogen-bond donors (Lipinski definition) is 1. The Morgan fingerprint density at radius 2 is 1.94 bits per heavy atom. The Morgan fingerprint density at radius 1 is 1.23 bits per heavy atom. The number of hydrogen-bond acceptors (Lipinski definition) is 7. The van der Waals surface area contributed by atoms with E-state index in [0.717, 1.165) is 16.0 Å². The van der Waals surface area contributed by atoms with Gasteiger partial charge >= 0.3 is 6.09 Å². The summed E-state index contributed by atoms with van der Waals surface area (Å²) in [4.78, 5) is 32.2. The highest BCUT2D eigenvalue weighted by molar-refractivity contribution is 9.18. The van der Waals surface area contributed by atoms with E-state index in [1.165, 1.54) is 0 Å². The first-order chi connectivity index (χ1) is 15.0. The maximum absolute atomic E-state index is 13.1. The van der Waals surface area contributed by atoms with Crippen LogP contribution in [-0.2, 0) is 27.4 Å². The summed E-state index contributed by atoms with van der Waals surface area (Å²) in [6.45, 7) is 0.0155. The molecule has 2 aromatic rings. The Balaban J connectivity index is 1.70. The van der Waals surface area contributed by atoms with Gasteiger partial charge in [0.2, 0.25) is 5.91 Å². The number of rotatable bonds is 8. The van der Waals surface area contributed by atoms with Gasteiger partial charge in [-0.2, -0.15) is 0 Å². The Bertz CT molecular complexity index is 938. The maximum atomic E-state index is 13.1. The third-order valence-corrected chi connectivity index (χ3v) is 5.19. The predicted octanol–water partition coefficient (Wildman–Crippen LogP) is 3.23. The Hall–Kier alpha value is -2.91. The summed E-state index contributed by atoms with van der Waals surface area (Å²) in [6, 6.07) is 15.5. The first kappa shape index (κ1) is 22.8. The molecule has 0 spiro atoms. The molecule has 1 aliphatic rings. The van der Waals surface area contributed by atoms with Crippen LogP contribution in [0.15, 0.2) is 59.8 Å².